The lowest BCUT2D eigenvalue weighted by atomic mass is 9.93. The summed E-state index contributed by atoms with van der Waals surface area (Å²) in [6.07, 6.45) is 0.177. The molecule has 0 bridgehead atoms. The van der Waals surface area contributed by atoms with Gasteiger partial charge in [-0.15, -0.1) is 0 Å². The highest BCUT2D eigenvalue weighted by Crippen LogP contribution is 2.21. The van der Waals surface area contributed by atoms with Crippen LogP contribution in [0.3, 0.4) is 0 Å². The average Bonchev–Trinajstić information content (AvgIpc) is 2.83. The van der Waals surface area contributed by atoms with Crippen molar-refractivity contribution >= 4 is 5.91 Å². The highest BCUT2D eigenvalue weighted by atomic mass is 16.3. The third-order valence-electron chi connectivity index (χ3n) is 3.80. The van der Waals surface area contributed by atoms with Gasteiger partial charge in [0.2, 0.25) is 0 Å². The Labute approximate surface area is 131 Å². The molecule has 0 saturated heterocycles. The van der Waals surface area contributed by atoms with Crippen LogP contribution in [-0.2, 0) is 0 Å². The van der Waals surface area contributed by atoms with Crippen LogP contribution in [0, 0.1) is 13.8 Å². The molecule has 0 aliphatic carbocycles. The number of aryl methyl sites for hydroxylation is 2. The highest BCUT2D eigenvalue weighted by Gasteiger charge is 2.17. The summed E-state index contributed by atoms with van der Waals surface area (Å²) in [7, 11) is 0. The molecule has 118 valence electrons. The van der Waals surface area contributed by atoms with Crippen LogP contribution in [0.1, 0.15) is 46.7 Å². The van der Waals surface area contributed by atoms with Crippen LogP contribution < -0.4 is 5.32 Å². The second-order valence-electron chi connectivity index (χ2n) is 5.75. The van der Waals surface area contributed by atoms with Crippen molar-refractivity contribution in [1.82, 2.24) is 5.32 Å². The zero-order chi connectivity index (χ0) is 16.1. The number of amides is 1. The lowest BCUT2D eigenvalue weighted by Gasteiger charge is -2.19. The molecule has 2 unspecified atom stereocenters. The molecule has 4 nitrogen and oxygen atoms in total. The number of aliphatic hydroxyl groups excluding tert-OH is 1. The van der Waals surface area contributed by atoms with Gasteiger partial charge >= 0.3 is 0 Å². The van der Waals surface area contributed by atoms with Gasteiger partial charge in [-0.2, -0.15) is 0 Å². The Hall–Kier alpha value is -2.07. The molecule has 0 aliphatic rings. The van der Waals surface area contributed by atoms with Gasteiger partial charge in [-0.05, 0) is 44.4 Å². The van der Waals surface area contributed by atoms with E-state index in [4.69, 9.17) is 4.42 Å². The van der Waals surface area contributed by atoms with E-state index < -0.39 is 6.10 Å². The monoisotopic (exact) mass is 301 g/mol. The van der Waals surface area contributed by atoms with Crippen LogP contribution in [0.25, 0.3) is 0 Å². The van der Waals surface area contributed by atoms with Crippen molar-refractivity contribution in [3.8, 4) is 0 Å². The topological polar surface area (TPSA) is 62.5 Å². The number of aliphatic hydroxyl groups is 1. The standard InChI is InChI=1S/C18H23NO3/c1-12-9-17(22-14(12)3)18(21)19-11-16(10-13(2)20)15-7-5-4-6-8-15/h4-9,13,16,20H,10-11H2,1-3H3,(H,19,21). The Morgan fingerprint density at radius 3 is 2.50 bits per heavy atom. The Morgan fingerprint density at radius 1 is 1.27 bits per heavy atom. The smallest absolute Gasteiger partial charge is 0.287 e. The van der Waals surface area contributed by atoms with Gasteiger partial charge in [0, 0.05) is 12.5 Å². The fourth-order valence-electron chi connectivity index (χ4n) is 2.46. The maximum atomic E-state index is 12.2. The first-order chi connectivity index (χ1) is 10.5. The van der Waals surface area contributed by atoms with Crippen LogP contribution >= 0.6 is 0 Å². The van der Waals surface area contributed by atoms with Gasteiger partial charge in [0.25, 0.3) is 5.91 Å². The van der Waals surface area contributed by atoms with E-state index in [-0.39, 0.29) is 11.8 Å². The van der Waals surface area contributed by atoms with Crippen molar-refractivity contribution < 1.29 is 14.3 Å². The Bertz CT molecular complexity index is 597. The van der Waals surface area contributed by atoms with E-state index in [1.54, 1.807) is 13.0 Å². The summed E-state index contributed by atoms with van der Waals surface area (Å²) in [5.74, 6) is 0.942. The number of hydrogen-bond acceptors (Lipinski definition) is 3. The van der Waals surface area contributed by atoms with Gasteiger partial charge in [-0.1, -0.05) is 30.3 Å². The first-order valence-corrected chi connectivity index (χ1v) is 7.55. The fraction of sp³-hybridized carbons (Fsp3) is 0.389. The van der Waals surface area contributed by atoms with Gasteiger partial charge < -0.3 is 14.8 Å². The fourth-order valence-corrected chi connectivity index (χ4v) is 2.46. The number of carbonyl (C=O) groups is 1. The predicted octanol–water partition coefficient (Wildman–Crippen LogP) is 3.18. The maximum absolute atomic E-state index is 12.2. The van der Waals surface area contributed by atoms with Crippen LogP contribution in [-0.4, -0.2) is 23.7 Å². The summed E-state index contributed by atoms with van der Waals surface area (Å²) in [5.41, 5.74) is 2.07. The van der Waals surface area contributed by atoms with E-state index in [0.29, 0.717) is 18.7 Å². The molecule has 4 heteroatoms. The summed E-state index contributed by atoms with van der Waals surface area (Å²) in [5, 5.41) is 12.6. The molecule has 1 heterocycles. The molecule has 0 radical (unpaired) electrons. The molecule has 0 spiro atoms. The second-order valence-corrected chi connectivity index (χ2v) is 5.75. The molecule has 0 fully saturated rings. The van der Waals surface area contributed by atoms with Gasteiger partial charge in [0.15, 0.2) is 5.76 Å². The van der Waals surface area contributed by atoms with E-state index in [0.717, 1.165) is 16.9 Å². The van der Waals surface area contributed by atoms with E-state index in [1.807, 2.05) is 44.2 Å². The predicted molar refractivity (Wildman–Crippen MR) is 86.0 cm³/mol. The van der Waals surface area contributed by atoms with Crippen molar-refractivity contribution in [2.45, 2.75) is 39.2 Å². The molecule has 2 aromatic rings. The molecule has 2 rings (SSSR count). The van der Waals surface area contributed by atoms with Crippen LogP contribution in [0.15, 0.2) is 40.8 Å². The Kier molecular flexibility index (Phi) is 5.39. The van der Waals surface area contributed by atoms with Crippen LogP contribution in [0.5, 0.6) is 0 Å². The minimum absolute atomic E-state index is 0.0716. The van der Waals surface area contributed by atoms with Crippen molar-refractivity contribution in [3.63, 3.8) is 0 Å². The number of hydrogen-bond donors (Lipinski definition) is 2. The van der Waals surface area contributed by atoms with Crippen molar-refractivity contribution in [2.24, 2.45) is 0 Å². The first-order valence-electron chi connectivity index (χ1n) is 7.55. The highest BCUT2D eigenvalue weighted by molar-refractivity contribution is 5.91. The normalized spacial score (nSPS) is 13.6. The third-order valence-corrected chi connectivity index (χ3v) is 3.80. The minimum Gasteiger partial charge on any atom is -0.456 e. The summed E-state index contributed by atoms with van der Waals surface area (Å²) >= 11 is 0. The van der Waals surface area contributed by atoms with Gasteiger partial charge in [-0.25, -0.2) is 0 Å². The largest absolute Gasteiger partial charge is 0.456 e. The zero-order valence-electron chi connectivity index (χ0n) is 13.3. The third kappa shape index (κ3) is 4.21. The molecule has 22 heavy (non-hydrogen) atoms. The molecule has 1 amide bonds. The van der Waals surface area contributed by atoms with Crippen molar-refractivity contribution in [1.29, 1.82) is 0 Å². The number of rotatable bonds is 6. The minimum atomic E-state index is -0.421. The van der Waals surface area contributed by atoms with E-state index in [9.17, 15) is 9.90 Å². The summed E-state index contributed by atoms with van der Waals surface area (Å²) < 4.78 is 5.43. The quantitative estimate of drug-likeness (QED) is 0.861. The summed E-state index contributed by atoms with van der Waals surface area (Å²) in [6.45, 7) is 5.98. The lowest BCUT2D eigenvalue weighted by Crippen LogP contribution is -2.29. The molecule has 1 aromatic carbocycles. The first kappa shape index (κ1) is 16.3. The van der Waals surface area contributed by atoms with E-state index in [1.165, 1.54) is 0 Å². The zero-order valence-corrected chi connectivity index (χ0v) is 13.3. The number of nitrogens with one attached hydrogen (secondary N) is 1. The van der Waals surface area contributed by atoms with Gasteiger partial charge in [-0.3, -0.25) is 4.79 Å². The summed E-state index contributed by atoms with van der Waals surface area (Å²) in [6, 6.07) is 11.7. The average molecular weight is 301 g/mol. The molecule has 0 saturated carbocycles. The van der Waals surface area contributed by atoms with Crippen molar-refractivity contribution in [2.75, 3.05) is 6.54 Å². The lowest BCUT2D eigenvalue weighted by molar-refractivity contribution is 0.0917. The molecule has 1 aromatic heterocycles. The van der Waals surface area contributed by atoms with Gasteiger partial charge in [0.1, 0.15) is 5.76 Å². The number of benzene rings is 1. The molecule has 2 atom stereocenters. The second kappa shape index (κ2) is 7.27. The molecular formula is C18H23NO3. The van der Waals surface area contributed by atoms with E-state index in [2.05, 4.69) is 5.32 Å². The maximum Gasteiger partial charge on any atom is 0.287 e. The van der Waals surface area contributed by atoms with Crippen LogP contribution in [0.2, 0.25) is 0 Å². The van der Waals surface area contributed by atoms with Gasteiger partial charge in [0.05, 0.1) is 6.10 Å². The molecule has 0 aliphatic heterocycles. The number of furan rings is 1. The van der Waals surface area contributed by atoms with E-state index >= 15 is 0 Å². The van der Waals surface area contributed by atoms with Crippen LogP contribution in [0.4, 0.5) is 0 Å². The molecule has 2 N–H and O–H groups in total. The molecular weight excluding hydrogens is 278 g/mol. The number of carbonyl (C=O) groups excluding carboxylic acids is 1. The summed E-state index contributed by atoms with van der Waals surface area (Å²) in [4.78, 5) is 12.2. The Morgan fingerprint density at radius 2 is 1.95 bits per heavy atom. The SMILES string of the molecule is Cc1cc(C(=O)NCC(CC(C)O)c2ccccc2)oc1C. The Balaban J connectivity index is 2.03. The van der Waals surface area contributed by atoms with Crippen molar-refractivity contribution in [3.05, 3.63) is 59.0 Å².